The normalized spacial score (nSPS) is 11.1. The molecule has 1 heterocycles. The Bertz CT molecular complexity index is 915. The van der Waals surface area contributed by atoms with Gasteiger partial charge in [-0.3, -0.25) is 9.52 Å². The zero-order valence-corrected chi connectivity index (χ0v) is 14.2. The number of primary amides is 1. The van der Waals surface area contributed by atoms with Gasteiger partial charge in [0.1, 0.15) is 10.6 Å². The van der Waals surface area contributed by atoms with Crippen LogP contribution in [-0.2, 0) is 21.8 Å². The number of nitrogens with two attached hydrogens (primary N) is 1. The van der Waals surface area contributed by atoms with Gasteiger partial charge in [-0.15, -0.1) is 0 Å². The lowest BCUT2D eigenvalue weighted by Gasteiger charge is -2.11. The number of methoxy groups -OCH3 is 1. The summed E-state index contributed by atoms with van der Waals surface area (Å²) in [4.78, 5) is 22.7. The predicted molar refractivity (Wildman–Crippen MR) is 87.3 cm³/mol. The Morgan fingerprint density at radius 3 is 2.46 bits per heavy atom. The Labute approximate surface area is 139 Å². The molecule has 0 fully saturated rings. The van der Waals surface area contributed by atoms with Crippen molar-refractivity contribution in [3.63, 3.8) is 0 Å². The second-order valence-corrected chi connectivity index (χ2v) is 6.85. The van der Waals surface area contributed by atoms with Crippen molar-refractivity contribution in [2.24, 2.45) is 12.8 Å². The Kier molecular flexibility index (Phi) is 4.65. The standard InChI is InChI=1S/C15H17N3O5S/c1-9-4-5-10(15(20)23-3)6-12(9)17-24(21,22)11-7-13(14(16)19)18(2)8-11/h4-8,17H,1-3H3,(H2,16,19). The van der Waals surface area contributed by atoms with Crippen LogP contribution in [0.3, 0.4) is 0 Å². The highest BCUT2D eigenvalue weighted by Crippen LogP contribution is 2.22. The quantitative estimate of drug-likeness (QED) is 0.779. The highest BCUT2D eigenvalue weighted by Gasteiger charge is 2.21. The molecule has 0 aliphatic rings. The van der Waals surface area contributed by atoms with Crippen LogP contribution in [-0.4, -0.2) is 32.0 Å². The van der Waals surface area contributed by atoms with Crippen molar-refractivity contribution in [1.82, 2.24) is 4.57 Å². The van der Waals surface area contributed by atoms with E-state index >= 15 is 0 Å². The fourth-order valence-corrected chi connectivity index (χ4v) is 3.30. The minimum atomic E-state index is -3.95. The minimum Gasteiger partial charge on any atom is -0.465 e. The number of hydrogen-bond donors (Lipinski definition) is 2. The fourth-order valence-electron chi connectivity index (χ4n) is 2.11. The maximum Gasteiger partial charge on any atom is 0.337 e. The first-order valence-electron chi connectivity index (χ1n) is 6.83. The molecule has 8 nitrogen and oxygen atoms in total. The van der Waals surface area contributed by atoms with E-state index < -0.39 is 21.9 Å². The Hall–Kier alpha value is -2.81. The molecule has 0 saturated heterocycles. The van der Waals surface area contributed by atoms with E-state index in [2.05, 4.69) is 9.46 Å². The lowest BCUT2D eigenvalue weighted by molar-refractivity contribution is 0.0600. The number of anilines is 1. The molecule has 1 amide bonds. The maximum absolute atomic E-state index is 12.5. The third-order valence-corrected chi connectivity index (χ3v) is 4.78. The molecule has 0 radical (unpaired) electrons. The van der Waals surface area contributed by atoms with Gasteiger partial charge in [0, 0.05) is 13.2 Å². The number of nitrogens with zero attached hydrogens (tertiary/aromatic N) is 1. The van der Waals surface area contributed by atoms with Gasteiger partial charge >= 0.3 is 5.97 Å². The summed E-state index contributed by atoms with van der Waals surface area (Å²) in [5.41, 5.74) is 6.33. The van der Waals surface area contributed by atoms with Crippen molar-refractivity contribution in [2.75, 3.05) is 11.8 Å². The second kappa shape index (κ2) is 6.36. The van der Waals surface area contributed by atoms with E-state index in [0.717, 1.165) is 0 Å². The Balaban J connectivity index is 2.41. The molecular formula is C15H17N3O5S. The number of rotatable bonds is 5. The lowest BCUT2D eigenvalue weighted by atomic mass is 10.1. The van der Waals surface area contributed by atoms with Gasteiger partial charge in [0.05, 0.1) is 18.4 Å². The molecule has 0 spiro atoms. The van der Waals surface area contributed by atoms with Crippen molar-refractivity contribution >= 4 is 27.6 Å². The average Bonchev–Trinajstić information content (AvgIpc) is 2.91. The van der Waals surface area contributed by atoms with E-state index in [9.17, 15) is 18.0 Å². The number of carbonyl (C=O) groups is 2. The molecule has 0 saturated carbocycles. The van der Waals surface area contributed by atoms with E-state index in [1.807, 2.05) is 0 Å². The van der Waals surface area contributed by atoms with Crippen LogP contribution in [0.15, 0.2) is 35.4 Å². The lowest BCUT2D eigenvalue weighted by Crippen LogP contribution is -2.15. The third-order valence-electron chi connectivity index (χ3n) is 3.45. The van der Waals surface area contributed by atoms with Gasteiger partial charge in [0.15, 0.2) is 0 Å². The molecule has 0 aliphatic carbocycles. The molecule has 0 aliphatic heterocycles. The number of benzene rings is 1. The Morgan fingerprint density at radius 2 is 1.92 bits per heavy atom. The highest BCUT2D eigenvalue weighted by atomic mass is 32.2. The summed E-state index contributed by atoms with van der Waals surface area (Å²) in [7, 11) is -1.20. The van der Waals surface area contributed by atoms with Crippen LogP contribution in [0.2, 0.25) is 0 Å². The number of ether oxygens (including phenoxy) is 1. The van der Waals surface area contributed by atoms with E-state index in [-0.39, 0.29) is 21.8 Å². The highest BCUT2D eigenvalue weighted by molar-refractivity contribution is 7.92. The summed E-state index contributed by atoms with van der Waals surface area (Å²) in [5.74, 6) is -1.31. The van der Waals surface area contributed by atoms with Crippen LogP contribution in [0.25, 0.3) is 0 Å². The molecule has 0 unspecified atom stereocenters. The van der Waals surface area contributed by atoms with Gasteiger partial charge in [-0.2, -0.15) is 0 Å². The summed E-state index contributed by atoms with van der Waals surface area (Å²) in [5, 5.41) is 0. The number of sulfonamides is 1. The first kappa shape index (κ1) is 17.5. The first-order valence-corrected chi connectivity index (χ1v) is 8.32. The maximum atomic E-state index is 12.5. The van der Waals surface area contributed by atoms with Gasteiger partial charge in [0.25, 0.3) is 15.9 Å². The van der Waals surface area contributed by atoms with Gasteiger partial charge in [-0.1, -0.05) is 6.07 Å². The first-order chi connectivity index (χ1) is 11.2. The van der Waals surface area contributed by atoms with Crippen molar-refractivity contribution in [3.8, 4) is 0 Å². The summed E-state index contributed by atoms with van der Waals surface area (Å²) >= 11 is 0. The average molecular weight is 351 g/mol. The van der Waals surface area contributed by atoms with E-state index in [4.69, 9.17) is 5.73 Å². The number of hydrogen-bond acceptors (Lipinski definition) is 5. The SMILES string of the molecule is COC(=O)c1ccc(C)c(NS(=O)(=O)c2cc(C(N)=O)n(C)c2)c1. The number of esters is 1. The number of amides is 1. The molecule has 24 heavy (non-hydrogen) atoms. The van der Waals surface area contributed by atoms with E-state index in [1.165, 1.54) is 43.1 Å². The Morgan fingerprint density at radius 1 is 1.25 bits per heavy atom. The summed E-state index contributed by atoms with van der Waals surface area (Å²) in [6.45, 7) is 1.69. The number of aromatic nitrogens is 1. The molecule has 0 atom stereocenters. The summed E-state index contributed by atoms with van der Waals surface area (Å²) in [6, 6.07) is 5.71. The fraction of sp³-hybridized carbons (Fsp3) is 0.200. The second-order valence-electron chi connectivity index (χ2n) is 5.16. The van der Waals surface area contributed by atoms with Crippen LogP contribution in [0.1, 0.15) is 26.4 Å². The minimum absolute atomic E-state index is 0.0652. The zero-order chi connectivity index (χ0) is 18.1. The summed E-state index contributed by atoms with van der Waals surface area (Å²) in [6.07, 6.45) is 1.28. The molecule has 2 aromatic rings. The molecule has 1 aromatic carbocycles. The smallest absolute Gasteiger partial charge is 0.337 e. The zero-order valence-electron chi connectivity index (χ0n) is 13.4. The van der Waals surface area contributed by atoms with Gasteiger partial charge in [0.2, 0.25) is 0 Å². The molecule has 3 N–H and O–H groups in total. The topological polar surface area (TPSA) is 120 Å². The molecule has 0 bridgehead atoms. The third kappa shape index (κ3) is 3.40. The summed E-state index contributed by atoms with van der Waals surface area (Å²) < 4.78 is 33.3. The van der Waals surface area contributed by atoms with Crippen LogP contribution < -0.4 is 10.5 Å². The molecule has 2 rings (SSSR count). The molecule has 1 aromatic heterocycles. The van der Waals surface area contributed by atoms with Gasteiger partial charge in [-0.05, 0) is 30.7 Å². The van der Waals surface area contributed by atoms with Crippen LogP contribution in [0, 0.1) is 6.92 Å². The van der Waals surface area contributed by atoms with Crippen molar-refractivity contribution in [2.45, 2.75) is 11.8 Å². The number of carbonyl (C=O) groups excluding carboxylic acids is 2. The van der Waals surface area contributed by atoms with Crippen LogP contribution in [0.4, 0.5) is 5.69 Å². The molecule has 9 heteroatoms. The van der Waals surface area contributed by atoms with Crippen LogP contribution >= 0.6 is 0 Å². The monoisotopic (exact) mass is 351 g/mol. The van der Waals surface area contributed by atoms with Crippen LogP contribution in [0.5, 0.6) is 0 Å². The van der Waals surface area contributed by atoms with E-state index in [0.29, 0.717) is 5.56 Å². The predicted octanol–water partition coefficient (Wildman–Crippen LogP) is 1.02. The van der Waals surface area contributed by atoms with E-state index in [1.54, 1.807) is 13.0 Å². The number of nitrogens with one attached hydrogen (secondary N) is 1. The van der Waals surface area contributed by atoms with Gasteiger partial charge in [-0.25, -0.2) is 13.2 Å². The van der Waals surface area contributed by atoms with Gasteiger partial charge < -0.3 is 15.0 Å². The van der Waals surface area contributed by atoms with Crippen molar-refractivity contribution < 1.29 is 22.7 Å². The molecular weight excluding hydrogens is 334 g/mol. The number of aryl methyl sites for hydroxylation is 2. The van der Waals surface area contributed by atoms with Crippen molar-refractivity contribution in [1.29, 1.82) is 0 Å². The molecule has 128 valence electrons. The largest absolute Gasteiger partial charge is 0.465 e. The van der Waals surface area contributed by atoms with Crippen molar-refractivity contribution in [3.05, 3.63) is 47.3 Å².